The molecule has 2 rings (SSSR count). The zero-order valence-corrected chi connectivity index (χ0v) is 11.1. The van der Waals surface area contributed by atoms with E-state index in [1.54, 1.807) is 6.92 Å². The smallest absolute Gasteiger partial charge is 0.133 e. The summed E-state index contributed by atoms with van der Waals surface area (Å²) in [4.78, 5) is 11.8. The molecule has 0 radical (unpaired) electrons. The molecule has 2 aliphatic rings. The maximum Gasteiger partial charge on any atom is 0.133 e. The van der Waals surface area contributed by atoms with E-state index in [-0.39, 0.29) is 12.0 Å². The van der Waals surface area contributed by atoms with Gasteiger partial charge in [-0.3, -0.25) is 4.79 Å². The average molecular weight is 236 g/mol. The van der Waals surface area contributed by atoms with Crippen LogP contribution >= 0.6 is 0 Å². The summed E-state index contributed by atoms with van der Waals surface area (Å²) >= 11 is 0. The van der Waals surface area contributed by atoms with E-state index in [4.69, 9.17) is 0 Å². The van der Waals surface area contributed by atoms with Gasteiger partial charge < -0.3 is 5.11 Å². The number of aliphatic hydroxyl groups is 1. The van der Waals surface area contributed by atoms with Crippen LogP contribution in [0, 0.1) is 29.6 Å². The molecule has 0 aromatic carbocycles. The van der Waals surface area contributed by atoms with Gasteiger partial charge in [-0.2, -0.15) is 0 Å². The highest BCUT2D eigenvalue weighted by Gasteiger charge is 2.49. The summed E-state index contributed by atoms with van der Waals surface area (Å²) in [6.45, 7) is 10.2. The molecule has 2 aliphatic carbocycles. The van der Waals surface area contributed by atoms with Gasteiger partial charge >= 0.3 is 0 Å². The van der Waals surface area contributed by atoms with Crippen LogP contribution in [0.5, 0.6) is 0 Å². The molecule has 0 aliphatic heterocycles. The summed E-state index contributed by atoms with van der Waals surface area (Å²) in [6, 6.07) is 0. The van der Waals surface area contributed by atoms with Crippen LogP contribution in [0.1, 0.15) is 40.0 Å². The van der Waals surface area contributed by atoms with Crippen LogP contribution in [0.15, 0.2) is 12.2 Å². The van der Waals surface area contributed by atoms with Crippen LogP contribution < -0.4 is 0 Å². The number of rotatable bonds is 2. The number of ketones is 1. The van der Waals surface area contributed by atoms with Crippen molar-refractivity contribution < 1.29 is 9.90 Å². The summed E-state index contributed by atoms with van der Waals surface area (Å²) < 4.78 is 0. The van der Waals surface area contributed by atoms with Crippen molar-refractivity contribution in [3.05, 3.63) is 12.2 Å². The van der Waals surface area contributed by atoms with Crippen molar-refractivity contribution in [1.29, 1.82) is 0 Å². The van der Waals surface area contributed by atoms with Gasteiger partial charge in [-0.25, -0.2) is 0 Å². The fourth-order valence-electron chi connectivity index (χ4n) is 4.06. The molecule has 0 amide bonds. The van der Waals surface area contributed by atoms with Gasteiger partial charge in [0.1, 0.15) is 5.78 Å². The third kappa shape index (κ3) is 2.08. The monoisotopic (exact) mass is 236 g/mol. The van der Waals surface area contributed by atoms with Gasteiger partial charge in [-0.05, 0) is 55.4 Å². The Morgan fingerprint density at radius 3 is 2.59 bits per heavy atom. The second-order valence-electron chi connectivity index (χ2n) is 6.21. The highest BCUT2D eigenvalue weighted by Crippen LogP contribution is 2.52. The molecular weight excluding hydrogens is 212 g/mol. The molecule has 2 nitrogen and oxygen atoms in total. The lowest BCUT2D eigenvalue weighted by Gasteiger charge is -2.42. The number of fused-ring (bicyclic) bond motifs is 1. The Bertz CT molecular complexity index is 332. The summed E-state index contributed by atoms with van der Waals surface area (Å²) in [5.74, 6) is 2.34. The second kappa shape index (κ2) is 4.56. The standard InChI is InChI=1S/C15H24O2/c1-8(2)13-7-14(17)9(3)11-5-6-12(10(4)16)15(11)13/h8,11-15,17H,3,5-7H2,1-2,4H3/t11-,12+,13-,14-,15-/m0/s1. The van der Waals surface area contributed by atoms with Gasteiger partial charge in [0.2, 0.25) is 0 Å². The quantitative estimate of drug-likeness (QED) is 0.749. The molecule has 0 heterocycles. The third-order valence-electron chi connectivity index (χ3n) is 4.99. The van der Waals surface area contributed by atoms with Crippen LogP contribution in [0.3, 0.4) is 0 Å². The highest BCUT2D eigenvalue weighted by molar-refractivity contribution is 5.79. The first-order valence-corrected chi connectivity index (χ1v) is 6.80. The van der Waals surface area contributed by atoms with Gasteiger partial charge in [0.05, 0.1) is 6.10 Å². The molecule has 0 bridgehead atoms. The van der Waals surface area contributed by atoms with Gasteiger partial charge in [0.25, 0.3) is 0 Å². The maximum atomic E-state index is 11.8. The zero-order chi connectivity index (χ0) is 12.7. The van der Waals surface area contributed by atoms with Gasteiger partial charge in [0, 0.05) is 5.92 Å². The van der Waals surface area contributed by atoms with Crippen molar-refractivity contribution in [1.82, 2.24) is 0 Å². The normalized spacial score (nSPS) is 41.7. The van der Waals surface area contributed by atoms with Crippen molar-refractivity contribution in [2.45, 2.75) is 46.1 Å². The number of carbonyl (C=O) groups is 1. The molecule has 17 heavy (non-hydrogen) atoms. The molecular formula is C15H24O2. The van der Waals surface area contributed by atoms with Crippen LogP contribution in [-0.4, -0.2) is 17.0 Å². The molecule has 0 saturated heterocycles. The largest absolute Gasteiger partial charge is 0.389 e. The predicted octanol–water partition coefficient (Wildman–Crippen LogP) is 2.81. The Morgan fingerprint density at radius 1 is 1.41 bits per heavy atom. The lowest BCUT2D eigenvalue weighted by atomic mass is 9.63. The van der Waals surface area contributed by atoms with E-state index in [0.717, 1.165) is 24.8 Å². The summed E-state index contributed by atoms with van der Waals surface area (Å²) in [5.41, 5.74) is 0.982. The number of hydrogen-bond acceptors (Lipinski definition) is 2. The van der Waals surface area contributed by atoms with Crippen molar-refractivity contribution in [2.24, 2.45) is 29.6 Å². The van der Waals surface area contributed by atoms with E-state index in [9.17, 15) is 9.90 Å². The molecule has 0 spiro atoms. The van der Waals surface area contributed by atoms with E-state index < -0.39 is 0 Å². The summed E-state index contributed by atoms with van der Waals surface area (Å²) in [7, 11) is 0. The number of aliphatic hydroxyl groups excluding tert-OH is 1. The van der Waals surface area contributed by atoms with Gasteiger partial charge in [0.15, 0.2) is 0 Å². The maximum absolute atomic E-state index is 11.8. The minimum absolute atomic E-state index is 0.205. The number of hydrogen-bond donors (Lipinski definition) is 1. The molecule has 0 unspecified atom stereocenters. The van der Waals surface area contributed by atoms with E-state index >= 15 is 0 Å². The Hall–Kier alpha value is -0.630. The lowest BCUT2D eigenvalue weighted by Crippen LogP contribution is -2.40. The summed E-state index contributed by atoms with van der Waals surface area (Å²) in [5, 5.41) is 10.1. The van der Waals surface area contributed by atoms with Crippen LogP contribution in [-0.2, 0) is 4.79 Å². The third-order valence-corrected chi connectivity index (χ3v) is 4.99. The first-order chi connectivity index (χ1) is 7.93. The molecule has 2 heteroatoms. The zero-order valence-electron chi connectivity index (χ0n) is 11.1. The summed E-state index contributed by atoms with van der Waals surface area (Å²) in [6.07, 6.45) is 2.46. The van der Waals surface area contributed by atoms with Crippen molar-refractivity contribution in [2.75, 3.05) is 0 Å². The molecule has 0 aromatic rings. The van der Waals surface area contributed by atoms with Crippen LogP contribution in [0.25, 0.3) is 0 Å². The molecule has 96 valence electrons. The predicted molar refractivity (Wildman–Crippen MR) is 68.5 cm³/mol. The second-order valence-corrected chi connectivity index (χ2v) is 6.21. The highest BCUT2D eigenvalue weighted by atomic mass is 16.3. The van der Waals surface area contributed by atoms with Crippen molar-refractivity contribution >= 4 is 5.78 Å². The molecule has 1 N–H and O–H groups in total. The first kappa shape index (κ1) is 12.8. The minimum Gasteiger partial charge on any atom is -0.389 e. The van der Waals surface area contributed by atoms with Crippen LogP contribution in [0.4, 0.5) is 0 Å². The molecule has 5 atom stereocenters. The Kier molecular flexibility index (Phi) is 3.44. The van der Waals surface area contributed by atoms with E-state index in [1.807, 2.05) is 0 Å². The Morgan fingerprint density at radius 2 is 2.06 bits per heavy atom. The van der Waals surface area contributed by atoms with Gasteiger partial charge in [-0.15, -0.1) is 0 Å². The van der Waals surface area contributed by atoms with Crippen molar-refractivity contribution in [3.8, 4) is 0 Å². The topological polar surface area (TPSA) is 37.3 Å². The molecule has 2 saturated carbocycles. The van der Waals surface area contributed by atoms with Crippen molar-refractivity contribution in [3.63, 3.8) is 0 Å². The molecule has 2 fully saturated rings. The van der Waals surface area contributed by atoms with E-state index in [1.165, 1.54) is 0 Å². The number of Topliss-reactive ketones (excluding diaryl/α,β-unsaturated/α-hetero) is 1. The SMILES string of the molecule is C=C1[C@@H](O)C[C@@H](C(C)C)[C@@H]2[C@@H](C(C)=O)CC[C@@H]12. The Balaban J connectivity index is 2.29. The number of carbonyl (C=O) groups excluding carboxylic acids is 1. The van der Waals surface area contributed by atoms with Crippen LogP contribution in [0.2, 0.25) is 0 Å². The van der Waals surface area contributed by atoms with Gasteiger partial charge in [-0.1, -0.05) is 20.4 Å². The van der Waals surface area contributed by atoms with E-state index in [0.29, 0.717) is 29.5 Å². The lowest BCUT2D eigenvalue weighted by molar-refractivity contribution is -0.123. The average Bonchev–Trinajstić information content (AvgIpc) is 2.67. The fraction of sp³-hybridized carbons (Fsp3) is 0.800. The fourth-order valence-corrected chi connectivity index (χ4v) is 4.06. The first-order valence-electron chi connectivity index (χ1n) is 6.80. The Labute approximate surface area is 104 Å². The van der Waals surface area contributed by atoms with E-state index in [2.05, 4.69) is 20.4 Å². The minimum atomic E-state index is -0.352. The molecule has 0 aromatic heterocycles.